The minimum Gasteiger partial charge on any atom is -0.411 e. The molecule has 19 heavy (non-hydrogen) atoms. The van der Waals surface area contributed by atoms with Crippen molar-refractivity contribution in [3.8, 4) is 0 Å². The van der Waals surface area contributed by atoms with E-state index in [1.165, 1.54) is 6.21 Å². The van der Waals surface area contributed by atoms with Crippen LogP contribution in [0, 0.1) is 6.92 Å². The summed E-state index contributed by atoms with van der Waals surface area (Å²) in [5.74, 6) is 1.05. The highest BCUT2D eigenvalue weighted by atomic mass is 16.4. The van der Waals surface area contributed by atoms with E-state index in [0.29, 0.717) is 0 Å². The highest BCUT2D eigenvalue weighted by Gasteiger charge is 2.20. The molecule has 0 spiro atoms. The van der Waals surface area contributed by atoms with Gasteiger partial charge in [0.2, 0.25) is 5.91 Å². The number of carbonyl (C=O) groups is 1. The summed E-state index contributed by atoms with van der Waals surface area (Å²) in [7, 11) is 0. The molecule has 0 unspecified atom stereocenters. The summed E-state index contributed by atoms with van der Waals surface area (Å²) in [5, 5.41) is 11.5. The number of carbonyl (C=O) groups excluding carboxylic acids is 1. The first-order valence-corrected chi connectivity index (χ1v) is 6.26. The van der Waals surface area contributed by atoms with E-state index in [4.69, 9.17) is 5.21 Å². The van der Waals surface area contributed by atoms with Crippen molar-refractivity contribution in [1.29, 1.82) is 0 Å². The molecule has 1 amide bonds. The van der Waals surface area contributed by atoms with Crippen LogP contribution in [0.15, 0.2) is 17.4 Å². The van der Waals surface area contributed by atoms with Gasteiger partial charge in [-0.15, -0.1) is 0 Å². The van der Waals surface area contributed by atoms with E-state index in [1.54, 1.807) is 13.1 Å². The molecule has 2 rings (SSSR count). The topological polar surface area (TPSA) is 69.0 Å². The molecule has 1 aromatic heterocycles. The third-order valence-electron chi connectivity index (χ3n) is 3.30. The first kappa shape index (κ1) is 13.3. The molecule has 1 aliphatic heterocycles. The summed E-state index contributed by atoms with van der Waals surface area (Å²) in [5.41, 5.74) is 1.81. The molecule has 6 heteroatoms. The van der Waals surface area contributed by atoms with Crippen LogP contribution in [0.5, 0.6) is 0 Å². The summed E-state index contributed by atoms with van der Waals surface area (Å²) in [4.78, 5) is 19.7. The molecular formula is C13H18N4O2. The zero-order chi connectivity index (χ0) is 13.8. The Labute approximate surface area is 112 Å². The molecule has 102 valence electrons. The second-order valence-corrected chi connectivity index (χ2v) is 4.65. The average Bonchev–Trinajstić information content (AvgIpc) is 2.39. The Kier molecular flexibility index (Phi) is 3.99. The first-order chi connectivity index (χ1) is 9.11. The molecule has 0 radical (unpaired) electrons. The number of aryl methyl sites for hydroxylation is 1. The van der Waals surface area contributed by atoms with E-state index in [1.807, 2.05) is 17.9 Å². The van der Waals surface area contributed by atoms with Crippen LogP contribution in [-0.4, -0.2) is 53.4 Å². The molecule has 1 N–H and O–H groups in total. The number of pyridine rings is 1. The summed E-state index contributed by atoms with van der Waals surface area (Å²) in [6, 6.07) is 1.93. The fourth-order valence-corrected chi connectivity index (χ4v) is 2.29. The number of amides is 1. The Balaban J connectivity index is 2.09. The number of nitrogens with zero attached hydrogens (tertiary/aromatic N) is 4. The molecule has 0 aromatic carbocycles. The van der Waals surface area contributed by atoms with Crippen molar-refractivity contribution in [2.45, 2.75) is 13.8 Å². The molecule has 1 aromatic rings. The standard InChI is InChI=1S/C13H18N4O2/c1-10-7-12(9-15-19)8-14-13(10)17-5-3-16(4-6-17)11(2)18/h7-9,19H,3-6H2,1-2H3/b15-9+. The van der Waals surface area contributed by atoms with Crippen LogP contribution in [0.4, 0.5) is 5.82 Å². The third-order valence-corrected chi connectivity index (χ3v) is 3.30. The average molecular weight is 262 g/mol. The lowest BCUT2D eigenvalue weighted by Gasteiger charge is -2.35. The number of piperazine rings is 1. The van der Waals surface area contributed by atoms with Crippen molar-refractivity contribution in [2.24, 2.45) is 5.16 Å². The van der Waals surface area contributed by atoms with Crippen LogP contribution in [0.1, 0.15) is 18.1 Å². The number of hydrogen-bond acceptors (Lipinski definition) is 5. The second kappa shape index (κ2) is 5.69. The maximum Gasteiger partial charge on any atom is 0.219 e. The van der Waals surface area contributed by atoms with Crippen molar-refractivity contribution in [1.82, 2.24) is 9.88 Å². The third kappa shape index (κ3) is 3.01. The van der Waals surface area contributed by atoms with Gasteiger partial charge in [-0.25, -0.2) is 4.98 Å². The highest BCUT2D eigenvalue weighted by molar-refractivity contribution is 5.79. The Morgan fingerprint density at radius 3 is 2.63 bits per heavy atom. The molecule has 2 heterocycles. The van der Waals surface area contributed by atoms with Gasteiger partial charge in [-0.2, -0.15) is 0 Å². The fourth-order valence-electron chi connectivity index (χ4n) is 2.29. The van der Waals surface area contributed by atoms with Gasteiger partial charge < -0.3 is 15.0 Å². The quantitative estimate of drug-likeness (QED) is 0.488. The van der Waals surface area contributed by atoms with Gasteiger partial charge in [0.05, 0.1) is 6.21 Å². The molecule has 1 aliphatic rings. The monoisotopic (exact) mass is 262 g/mol. The van der Waals surface area contributed by atoms with Gasteiger partial charge in [-0.05, 0) is 18.6 Å². The van der Waals surface area contributed by atoms with Crippen molar-refractivity contribution >= 4 is 17.9 Å². The lowest BCUT2D eigenvalue weighted by Crippen LogP contribution is -2.48. The molecule has 6 nitrogen and oxygen atoms in total. The van der Waals surface area contributed by atoms with E-state index < -0.39 is 0 Å². The summed E-state index contributed by atoms with van der Waals surface area (Å²) >= 11 is 0. The van der Waals surface area contributed by atoms with Gasteiger partial charge in [-0.3, -0.25) is 4.79 Å². The molecule has 0 aliphatic carbocycles. The smallest absolute Gasteiger partial charge is 0.219 e. The Hall–Kier alpha value is -2.11. The Morgan fingerprint density at radius 1 is 1.42 bits per heavy atom. The summed E-state index contributed by atoms with van der Waals surface area (Å²) < 4.78 is 0. The number of anilines is 1. The second-order valence-electron chi connectivity index (χ2n) is 4.65. The molecular weight excluding hydrogens is 244 g/mol. The van der Waals surface area contributed by atoms with Gasteiger partial charge in [0.25, 0.3) is 0 Å². The van der Waals surface area contributed by atoms with E-state index >= 15 is 0 Å². The van der Waals surface area contributed by atoms with Crippen molar-refractivity contribution in [3.63, 3.8) is 0 Å². The number of rotatable bonds is 2. The van der Waals surface area contributed by atoms with Gasteiger partial charge in [0, 0.05) is 44.9 Å². The Morgan fingerprint density at radius 2 is 2.11 bits per heavy atom. The van der Waals surface area contributed by atoms with Crippen molar-refractivity contribution in [2.75, 3.05) is 31.1 Å². The largest absolute Gasteiger partial charge is 0.411 e. The van der Waals surface area contributed by atoms with E-state index in [2.05, 4.69) is 15.0 Å². The van der Waals surface area contributed by atoms with Crippen molar-refractivity contribution < 1.29 is 10.0 Å². The predicted octanol–water partition coefficient (Wildman–Crippen LogP) is 0.867. The Bertz CT molecular complexity index is 493. The summed E-state index contributed by atoms with van der Waals surface area (Å²) in [6.07, 6.45) is 3.04. The minimum absolute atomic E-state index is 0.124. The number of hydrogen-bond donors (Lipinski definition) is 1. The van der Waals surface area contributed by atoms with Gasteiger partial charge in [-0.1, -0.05) is 5.16 Å². The SMILES string of the molecule is CC(=O)N1CCN(c2ncc(/C=N/O)cc2C)CC1. The fraction of sp³-hybridized carbons (Fsp3) is 0.462. The first-order valence-electron chi connectivity index (χ1n) is 6.26. The van der Waals surface area contributed by atoms with E-state index in [9.17, 15) is 4.79 Å². The van der Waals surface area contributed by atoms with Crippen molar-refractivity contribution in [3.05, 3.63) is 23.4 Å². The maximum atomic E-state index is 11.3. The molecule has 0 atom stereocenters. The minimum atomic E-state index is 0.124. The van der Waals surface area contributed by atoms with Crippen LogP contribution >= 0.6 is 0 Å². The maximum absolute atomic E-state index is 11.3. The molecule has 1 fully saturated rings. The van der Waals surface area contributed by atoms with Gasteiger partial charge in [0.1, 0.15) is 5.82 Å². The zero-order valence-corrected chi connectivity index (χ0v) is 11.2. The molecule has 0 bridgehead atoms. The predicted molar refractivity (Wildman–Crippen MR) is 72.8 cm³/mol. The van der Waals surface area contributed by atoms with Crippen LogP contribution in [0.25, 0.3) is 0 Å². The summed E-state index contributed by atoms with van der Waals surface area (Å²) in [6.45, 7) is 6.63. The zero-order valence-electron chi connectivity index (χ0n) is 11.2. The van der Waals surface area contributed by atoms with Crippen LogP contribution < -0.4 is 4.90 Å². The van der Waals surface area contributed by atoms with Gasteiger partial charge in [0.15, 0.2) is 0 Å². The van der Waals surface area contributed by atoms with Crippen LogP contribution in [0.3, 0.4) is 0 Å². The molecule has 1 saturated heterocycles. The van der Waals surface area contributed by atoms with Gasteiger partial charge >= 0.3 is 0 Å². The lowest BCUT2D eigenvalue weighted by atomic mass is 10.2. The lowest BCUT2D eigenvalue weighted by molar-refractivity contribution is -0.129. The number of aromatic nitrogens is 1. The normalized spacial score (nSPS) is 16.1. The van der Waals surface area contributed by atoms with Crippen LogP contribution in [0.2, 0.25) is 0 Å². The van der Waals surface area contributed by atoms with Crippen LogP contribution in [-0.2, 0) is 4.79 Å². The van der Waals surface area contributed by atoms with E-state index in [-0.39, 0.29) is 5.91 Å². The van der Waals surface area contributed by atoms with E-state index in [0.717, 1.165) is 43.1 Å². The number of oxime groups is 1. The molecule has 0 saturated carbocycles. The highest BCUT2D eigenvalue weighted by Crippen LogP contribution is 2.19.